The average molecular weight is 256 g/mol. The van der Waals surface area contributed by atoms with Gasteiger partial charge in [0.25, 0.3) is 5.91 Å². The highest BCUT2D eigenvalue weighted by atomic mass is 35.5. The molecule has 0 saturated heterocycles. The van der Waals surface area contributed by atoms with Gasteiger partial charge in [-0.15, -0.1) is 0 Å². The first-order valence-electron chi connectivity index (χ1n) is 5.07. The Kier molecular flexibility index (Phi) is 6.32. The fraction of sp³-hybridized carbons (Fsp3) is 0.250. The second-order valence-electron chi connectivity index (χ2n) is 3.16. The third-order valence-corrected chi connectivity index (χ3v) is 2.23. The minimum Gasteiger partial charge on any atom is -0.382 e. The predicted molar refractivity (Wildman–Crippen MR) is 66.5 cm³/mol. The molecule has 17 heavy (non-hydrogen) atoms. The lowest BCUT2D eigenvalue weighted by atomic mass is 10.2. The number of nitrogens with one attached hydrogen (secondary N) is 1. The number of rotatable bonds is 6. The number of amides is 1. The van der Waals surface area contributed by atoms with Crippen LogP contribution in [0.15, 0.2) is 30.3 Å². The summed E-state index contributed by atoms with van der Waals surface area (Å²) >= 11 is 5.92. The summed E-state index contributed by atoms with van der Waals surface area (Å²) in [6.07, 6.45) is 2.98. The Balaban J connectivity index is 2.38. The molecular weight excluding hydrogens is 242 g/mol. The molecular formula is C12H14ClNO3. The van der Waals surface area contributed by atoms with Crippen molar-refractivity contribution in [1.29, 1.82) is 0 Å². The van der Waals surface area contributed by atoms with Crippen molar-refractivity contribution in [3.8, 4) is 0 Å². The van der Waals surface area contributed by atoms with Crippen molar-refractivity contribution in [3.63, 3.8) is 0 Å². The van der Waals surface area contributed by atoms with E-state index in [2.05, 4.69) is 5.48 Å². The lowest BCUT2D eigenvalue weighted by Gasteiger charge is -2.02. The Morgan fingerprint density at radius 2 is 2.18 bits per heavy atom. The summed E-state index contributed by atoms with van der Waals surface area (Å²) in [6, 6.07) is 7.25. The third-order valence-electron chi connectivity index (χ3n) is 1.88. The molecule has 0 bridgehead atoms. The van der Waals surface area contributed by atoms with E-state index < -0.39 is 0 Å². The van der Waals surface area contributed by atoms with Gasteiger partial charge in [0.1, 0.15) is 0 Å². The van der Waals surface area contributed by atoms with E-state index in [1.165, 1.54) is 6.08 Å². The third kappa shape index (κ3) is 5.49. The number of carbonyl (C=O) groups is 1. The van der Waals surface area contributed by atoms with Crippen LogP contribution in [0.4, 0.5) is 0 Å². The summed E-state index contributed by atoms with van der Waals surface area (Å²) < 4.78 is 4.76. The Labute approximate surface area is 105 Å². The second kappa shape index (κ2) is 7.84. The van der Waals surface area contributed by atoms with E-state index in [1.54, 1.807) is 19.3 Å². The van der Waals surface area contributed by atoms with Crippen LogP contribution in [0.25, 0.3) is 6.08 Å². The molecule has 0 aliphatic carbocycles. The first kappa shape index (κ1) is 13.7. The van der Waals surface area contributed by atoms with Gasteiger partial charge in [0, 0.05) is 18.2 Å². The lowest BCUT2D eigenvalue weighted by Crippen LogP contribution is -2.23. The normalized spacial score (nSPS) is 10.7. The van der Waals surface area contributed by atoms with Crippen molar-refractivity contribution >= 4 is 23.6 Å². The Hall–Kier alpha value is -1.36. The molecule has 0 heterocycles. The number of methoxy groups -OCH3 is 1. The number of hydrogen-bond donors (Lipinski definition) is 1. The highest BCUT2D eigenvalue weighted by Gasteiger charge is 1.97. The van der Waals surface area contributed by atoms with Gasteiger partial charge in [0.05, 0.1) is 13.2 Å². The summed E-state index contributed by atoms with van der Waals surface area (Å²) in [4.78, 5) is 16.1. The zero-order valence-electron chi connectivity index (χ0n) is 9.48. The average Bonchev–Trinajstić information content (AvgIpc) is 2.34. The number of benzene rings is 1. The van der Waals surface area contributed by atoms with Gasteiger partial charge in [0.15, 0.2) is 0 Å². The van der Waals surface area contributed by atoms with Gasteiger partial charge < -0.3 is 4.74 Å². The highest BCUT2D eigenvalue weighted by Crippen LogP contribution is 2.15. The fourth-order valence-electron chi connectivity index (χ4n) is 1.06. The second-order valence-corrected chi connectivity index (χ2v) is 3.57. The maximum Gasteiger partial charge on any atom is 0.267 e. The van der Waals surface area contributed by atoms with Crippen LogP contribution in [0.2, 0.25) is 5.02 Å². The number of halogens is 1. The standard InChI is InChI=1S/C12H14ClNO3/c1-16-8-9-17-14-12(15)7-6-10-4-2-3-5-11(10)13/h2-7H,8-9H2,1H3,(H,14,15)/b7-6+. The summed E-state index contributed by atoms with van der Waals surface area (Å²) in [5.74, 6) is -0.346. The molecule has 1 N–H and O–H groups in total. The molecule has 0 aliphatic rings. The van der Waals surface area contributed by atoms with Gasteiger partial charge in [-0.05, 0) is 17.7 Å². The largest absolute Gasteiger partial charge is 0.382 e. The molecule has 1 rings (SSSR count). The Morgan fingerprint density at radius 1 is 1.41 bits per heavy atom. The molecule has 0 unspecified atom stereocenters. The van der Waals surface area contributed by atoms with Gasteiger partial charge in [-0.1, -0.05) is 29.8 Å². The van der Waals surface area contributed by atoms with Crippen molar-refractivity contribution in [1.82, 2.24) is 5.48 Å². The van der Waals surface area contributed by atoms with Crippen LogP contribution in [-0.4, -0.2) is 26.2 Å². The van der Waals surface area contributed by atoms with E-state index in [0.29, 0.717) is 18.2 Å². The lowest BCUT2D eigenvalue weighted by molar-refractivity contribution is -0.129. The van der Waals surface area contributed by atoms with Crippen molar-refractivity contribution in [2.45, 2.75) is 0 Å². The maximum absolute atomic E-state index is 11.3. The van der Waals surface area contributed by atoms with Crippen LogP contribution < -0.4 is 5.48 Å². The molecule has 1 aromatic rings. The Bertz CT molecular complexity index is 393. The van der Waals surface area contributed by atoms with Crippen molar-refractivity contribution in [3.05, 3.63) is 40.9 Å². The molecule has 0 fully saturated rings. The molecule has 1 amide bonds. The molecule has 5 heteroatoms. The minimum absolute atomic E-state index is 0.308. The summed E-state index contributed by atoms with van der Waals surface area (Å²) in [7, 11) is 1.56. The van der Waals surface area contributed by atoms with Gasteiger partial charge >= 0.3 is 0 Å². The number of hydrogen-bond acceptors (Lipinski definition) is 3. The maximum atomic E-state index is 11.3. The molecule has 0 radical (unpaired) electrons. The van der Waals surface area contributed by atoms with Crippen LogP contribution in [0, 0.1) is 0 Å². The Morgan fingerprint density at radius 3 is 2.88 bits per heavy atom. The number of hydroxylamine groups is 1. The zero-order chi connectivity index (χ0) is 12.5. The number of ether oxygens (including phenoxy) is 1. The number of carbonyl (C=O) groups excluding carboxylic acids is 1. The van der Waals surface area contributed by atoms with E-state index in [4.69, 9.17) is 21.2 Å². The van der Waals surface area contributed by atoms with Gasteiger partial charge in [-0.3, -0.25) is 9.63 Å². The summed E-state index contributed by atoms with van der Waals surface area (Å²) in [6.45, 7) is 0.733. The summed E-state index contributed by atoms with van der Waals surface area (Å²) in [5.41, 5.74) is 3.04. The van der Waals surface area contributed by atoms with Crippen LogP contribution in [0.1, 0.15) is 5.56 Å². The highest BCUT2D eigenvalue weighted by molar-refractivity contribution is 6.32. The smallest absolute Gasteiger partial charge is 0.267 e. The van der Waals surface area contributed by atoms with Crippen molar-refractivity contribution in [2.75, 3.05) is 20.3 Å². The zero-order valence-corrected chi connectivity index (χ0v) is 10.2. The van der Waals surface area contributed by atoms with E-state index in [0.717, 1.165) is 5.56 Å². The van der Waals surface area contributed by atoms with Crippen LogP contribution in [0.3, 0.4) is 0 Å². The first-order chi connectivity index (χ1) is 8.24. The molecule has 0 spiro atoms. The van der Waals surface area contributed by atoms with E-state index in [-0.39, 0.29) is 5.91 Å². The van der Waals surface area contributed by atoms with Crippen LogP contribution >= 0.6 is 11.6 Å². The molecule has 0 atom stereocenters. The van der Waals surface area contributed by atoms with Crippen molar-refractivity contribution in [2.24, 2.45) is 0 Å². The quantitative estimate of drug-likeness (QED) is 0.481. The van der Waals surface area contributed by atoms with Crippen LogP contribution in [0.5, 0.6) is 0 Å². The molecule has 1 aromatic carbocycles. The first-order valence-corrected chi connectivity index (χ1v) is 5.45. The van der Waals surface area contributed by atoms with E-state index in [1.807, 2.05) is 18.2 Å². The van der Waals surface area contributed by atoms with Gasteiger partial charge in [-0.2, -0.15) is 0 Å². The molecule has 4 nitrogen and oxygen atoms in total. The monoisotopic (exact) mass is 255 g/mol. The van der Waals surface area contributed by atoms with Gasteiger partial charge in [0.2, 0.25) is 0 Å². The molecule has 0 aliphatic heterocycles. The van der Waals surface area contributed by atoms with Gasteiger partial charge in [-0.25, -0.2) is 5.48 Å². The van der Waals surface area contributed by atoms with E-state index >= 15 is 0 Å². The SMILES string of the molecule is COCCONC(=O)/C=C/c1ccccc1Cl. The predicted octanol–water partition coefficient (Wildman–Crippen LogP) is 2.05. The molecule has 92 valence electrons. The fourth-order valence-corrected chi connectivity index (χ4v) is 1.26. The topological polar surface area (TPSA) is 47.6 Å². The summed E-state index contributed by atoms with van der Waals surface area (Å²) in [5, 5.41) is 0.594. The van der Waals surface area contributed by atoms with Crippen LogP contribution in [-0.2, 0) is 14.4 Å². The van der Waals surface area contributed by atoms with E-state index in [9.17, 15) is 4.79 Å². The minimum atomic E-state index is -0.346. The molecule has 0 aromatic heterocycles. The molecule has 0 saturated carbocycles. The van der Waals surface area contributed by atoms with Crippen molar-refractivity contribution < 1.29 is 14.4 Å².